The lowest BCUT2D eigenvalue weighted by molar-refractivity contribution is 0.321. The first-order chi connectivity index (χ1) is 10.2. The van der Waals surface area contributed by atoms with Gasteiger partial charge >= 0.3 is 0 Å². The fraction of sp³-hybridized carbons (Fsp3) is 0.562. The molecule has 0 unspecified atom stereocenters. The molecule has 0 amide bonds. The van der Waals surface area contributed by atoms with E-state index in [-0.39, 0.29) is 5.82 Å². The first-order valence-corrected chi connectivity index (χ1v) is 7.66. The number of aliphatic imine (C=N–C) groups is 1. The summed E-state index contributed by atoms with van der Waals surface area (Å²) in [6, 6.07) is 5.00. The van der Waals surface area contributed by atoms with Gasteiger partial charge in [0.2, 0.25) is 0 Å². The third-order valence-corrected chi connectivity index (χ3v) is 3.32. The van der Waals surface area contributed by atoms with E-state index in [9.17, 15) is 4.39 Å². The predicted octanol–water partition coefficient (Wildman–Crippen LogP) is 2.69. The van der Waals surface area contributed by atoms with Crippen LogP contribution in [-0.2, 0) is 6.54 Å². The summed E-state index contributed by atoms with van der Waals surface area (Å²) < 4.78 is 19.0. The van der Waals surface area contributed by atoms with Crippen LogP contribution in [0.1, 0.15) is 32.3 Å². The normalized spacial score (nSPS) is 14.9. The quantitative estimate of drug-likeness (QED) is 0.600. The first-order valence-electron chi connectivity index (χ1n) is 7.66. The lowest BCUT2D eigenvalue weighted by atomic mass is 10.2. The Morgan fingerprint density at radius 1 is 1.33 bits per heavy atom. The van der Waals surface area contributed by atoms with Gasteiger partial charge in [0, 0.05) is 13.1 Å². The van der Waals surface area contributed by atoms with Gasteiger partial charge in [-0.2, -0.15) is 0 Å². The van der Waals surface area contributed by atoms with Gasteiger partial charge in [-0.25, -0.2) is 9.38 Å². The average molecular weight is 293 g/mol. The number of ether oxygens (including phenoxy) is 1. The Bertz CT molecular complexity index is 486. The predicted molar refractivity (Wildman–Crippen MR) is 83.1 cm³/mol. The zero-order valence-electron chi connectivity index (χ0n) is 12.8. The van der Waals surface area contributed by atoms with E-state index in [0.29, 0.717) is 18.9 Å². The van der Waals surface area contributed by atoms with Crippen LogP contribution in [0.3, 0.4) is 0 Å². The maximum Gasteiger partial charge on any atom is 0.191 e. The van der Waals surface area contributed by atoms with Crippen LogP contribution in [0.4, 0.5) is 4.39 Å². The average Bonchev–Trinajstić information content (AvgIpc) is 3.29. The van der Waals surface area contributed by atoms with Crippen LogP contribution in [0.25, 0.3) is 0 Å². The van der Waals surface area contributed by atoms with Crippen molar-refractivity contribution in [3.63, 3.8) is 0 Å². The molecule has 116 valence electrons. The molecule has 4 nitrogen and oxygen atoms in total. The molecule has 21 heavy (non-hydrogen) atoms. The number of hydrogen-bond donors (Lipinski definition) is 2. The highest BCUT2D eigenvalue weighted by atomic mass is 19.1. The second-order valence-electron chi connectivity index (χ2n) is 5.22. The van der Waals surface area contributed by atoms with E-state index in [0.717, 1.165) is 30.5 Å². The molecule has 1 aromatic carbocycles. The van der Waals surface area contributed by atoms with Crippen molar-refractivity contribution in [1.82, 2.24) is 10.6 Å². The molecule has 2 N–H and O–H groups in total. The number of halogens is 1. The summed E-state index contributed by atoms with van der Waals surface area (Å²) in [5, 5.41) is 6.52. The minimum absolute atomic E-state index is 0.295. The van der Waals surface area contributed by atoms with E-state index in [1.165, 1.54) is 18.9 Å². The van der Waals surface area contributed by atoms with Crippen molar-refractivity contribution >= 4 is 5.96 Å². The maximum absolute atomic E-state index is 13.8. The SMILES string of the molecule is CCNC(=NCc1ccc(OCC)c(F)c1)NCC1CC1. The van der Waals surface area contributed by atoms with Gasteiger partial charge in [-0.1, -0.05) is 6.07 Å². The van der Waals surface area contributed by atoms with E-state index in [4.69, 9.17) is 4.74 Å². The van der Waals surface area contributed by atoms with E-state index in [1.807, 2.05) is 19.9 Å². The third kappa shape index (κ3) is 5.25. The van der Waals surface area contributed by atoms with Gasteiger partial charge in [-0.15, -0.1) is 0 Å². The lowest BCUT2D eigenvalue weighted by Crippen LogP contribution is -2.38. The smallest absolute Gasteiger partial charge is 0.191 e. The summed E-state index contributed by atoms with van der Waals surface area (Å²) in [4.78, 5) is 4.49. The second-order valence-corrected chi connectivity index (χ2v) is 5.22. The number of rotatable bonds is 7. The molecule has 0 saturated heterocycles. The van der Waals surface area contributed by atoms with E-state index in [2.05, 4.69) is 15.6 Å². The molecule has 0 aromatic heterocycles. The number of guanidine groups is 1. The minimum atomic E-state index is -0.333. The van der Waals surface area contributed by atoms with Crippen LogP contribution in [0.15, 0.2) is 23.2 Å². The van der Waals surface area contributed by atoms with Gasteiger partial charge in [0.15, 0.2) is 17.5 Å². The van der Waals surface area contributed by atoms with Crippen LogP contribution in [0.2, 0.25) is 0 Å². The first kappa shape index (κ1) is 15.6. The molecule has 0 radical (unpaired) electrons. The Morgan fingerprint density at radius 3 is 2.76 bits per heavy atom. The number of nitrogens with zero attached hydrogens (tertiary/aromatic N) is 1. The van der Waals surface area contributed by atoms with Crippen LogP contribution in [-0.4, -0.2) is 25.7 Å². The number of nitrogens with one attached hydrogen (secondary N) is 2. The Labute approximate surface area is 125 Å². The van der Waals surface area contributed by atoms with Crippen LogP contribution < -0.4 is 15.4 Å². The summed E-state index contributed by atoms with van der Waals surface area (Å²) in [5.74, 6) is 1.54. The van der Waals surface area contributed by atoms with Crippen LogP contribution in [0.5, 0.6) is 5.75 Å². The van der Waals surface area contributed by atoms with Crippen molar-refractivity contribution in [2.75, 3.05) is 19.7 Å². The molecule has 1 fully saturated rings. The van der Waals surface area contributed by atoms with E-state index < -0.39 is 0 Å². The zero-order chi connectivity index (χ0) is 15.1. The molecule has 1 aliphatic rings. The fourth-order valence-electron chi connectivity index (χ4n) is 1.99. The highest BCUT2D eigenvalue weighted by Gasteiger charge is 2.21. The van der Waals surface area contributed by atoms with Gasteiger partial charge in [0.25, 0.3) is 0 Å². The van der Waals surface area contributed by atoms with E-state index >= 15 is 0 Å². The molecule has 0 bridgehead atoms. The molecule has 2 rings (SSSR count). The number of benzene rings is 1. The van der Waals surface area contributed by atoms with Crippen molar-refractivity contribution in [2.45, 2.75) is 33.2 Å². The summed E-state index contributed by atoms with van der Waals surface area (Å²) in [7, 11) is 0. The van der Waals surface area contributed by atoms with Crippen molar-refractivity contribution < 1.29 is 9.13 Å². The molecule has 1 saturated carbocycles. The summed E-state index contributed by atoms with van der Waals surface area (Å²) in [6.07, 6.45) is 2.60. The summed E-state index contributed by atoms with van der Waals surface area (Å²) in [5.41, 5.74) is 0.833. The molecule has 0 atom stereocenters. The molecule has 1 aliphatic carbocycles. The van der Waals surface area contributed by atoms with E-state index in [1.54, 1.807) is 6.07 Å². The summed E-state index contributed by atoms with van der Waals surface area (Å²) >= 11 is 0. The largest absolute Gasteiger partial charge is 0.491 e. The second kappa shape index (κ2) is 7.86. The Balaban J connectivity index is 1.93. The lowest BCUT2D eigenvalue weighted by Gasteiger charge is -2.11. The number of hydrogen-bond acceptors (Lipinski definition) is 2. The van der Waals surface area contributed by atoms with Crippen molar-refractivity contribution in [2.24, 2.45) is 10.9 Å². The third-order valence-electron chi connectivity index (χ3n) is 3.32. The van der Waals surface area contributed by atoms with Gasteiger partial charge in [0.1, 0.15) is 0 Å². The molecular formula is C16H24FN3O. The van der Waals surface area contributed by atoms with Gasteiger partial charge in [-0.3, -0.25) is 0 Å². The Morgan fingerprint density at radius 2 is 2.14 bits per heavy atom. The van der Waals surface area contributed by atoms with Crippen LogP contribution in [0, 0.1) is 11.7 Å². The van der Waals surface area contributed by atoms with Gasteiger partial charge in [-0.05, 0) is 50.3 Å². The fourth-order valence-corrected chi connectivity index (χ4v) is 1.99. The van der Waals surface area contributed by atoms with Crippen molar-refractivity contribution in [3.05, 3.63) is 29.6 Å². The van der Waals surface area contributed by atoms with Crippen molar-refractivity contribution in [3.8, 4) is 5.75 Å². The molecular weight excluding hydrogens is 269 g/mol. The maximum atomic E-state index is 13.8. The Hall–Kier alpha value is -1.78. The highest BCUT2D eigenvalue weighted by Crippen LogP contribution is 2.27. The Kier molecular flexibility index (Phi) is 5.84. The monoisotopic (exact) mass is 293 g/mol. The minimum Gasteiger partial charge on any atom is -0.491 e. The van der Waals surface area contributed by atoms with Gasteiger partial charge < -0.3 is 15.4 Å². The molecule has 5 heteroatoms. The van der Waals surface area contributed by atoms with Crippen molar-refractivity contribution in [1.29, 1.82) is 0 Å². The molecule has 1 aromatic rings. The topological polar surface area (TPSA) is 45.7 Å². The summed E-state index contributed by atoms with van der Waals surface area (Å²) in [6.45, 7) is 6.56. The molecule has 0 spiro atoms. The zero-order valence-corrected chi connectivity index (χ0v) is 12.8. The van der Waals surface area contributed by atoms with Crippen LogP contribution >= 0.6 is 0 Å². The van der Waals surface area contributed by atoms with Gasteiger partial charge in [0.05, 0.1) is 13.2 Å². The highest BCUT2D eigenvalue weighted by molar-refractivity contribution is 5.79. The molecule has 0 heterocycles. The standard InChI is InChI=1S/C16H24FN3O/c1-3-18-16(19-10-12-5-6-12)20-11-13-7-8-15(21-4-2)14(17)9-13/h7-9,12H,3-6,10-11H2,1-2H3,(H2,18,19,20). The molecule has 0 aliphatic heterocycles.